The number of thioether (sulfide) groups is 1. The fourth-order valence-corrected chi connectivity index (χ4v) is 6.74. The van der Waals surface area contributed by atoms with Gasteiger partial charge < -0.3 is 13.9 Å². The van der Waals surface area contributed by atoms with E-state index in [0.29, 0.717) is 19.3 Å². The summed E-state index contributed by atoms with van der Waals surface area (Å²) in [5.41, 5.74) is -0.539. The number of hydrogen-bond donors (Lipinski definition) is 0. The van der Waals surface area contributed by atoms with Gasteiger partial charge in [0.05, 0.1) is 12.0 Å². The van der Waals surface area contributed by atoms with Gasteiger partial charge in [-0.25, -0.2) is 0 Å². The molecule has 1 rings (SSSR count). The number of hydrogen-bond acceptors (Lipinski definition) is 6. The quantitative estimate of drug-likeness (QED) is 0.0949. The van der Waals surface area contributed by atoms with Crippen molar-refractivity contribution in [3.05, 3.63) is 20.8 Å². The molecule has 1 aliphatic rings. The molecule has 0 aromatic carbocycles. The van der Waals surface area contributed by atoms with Crippen LogP contribution in [0.2, 0.25) is 18.1 Å². The van der Waals surface area contributed by atoms with Crippen molar-refractivity contribution >= 4 is 54.6 Å². The van der Waals surface area contributed by atoms with Crippen LogP contribution in [0.1, 0.15) is 79.1 Å². The second kappa shape index (κ2) is 13.5. The fraction of sp³-hybridized carbons (Fsp3) is 0.750. The molecule has 0 radical (unpaired) electrons. The van der Waals surface area contributed by atoms with Crippen molar-refractivity contribution in [2.24, 2.45) is 0 Å². The lowest BCUT2D eigenvalue weighted by Crippen LogP contribution is -2.48. The van der Waals surface area contributed by atoms with Crippen molar-refractivity contribution in [1.82, 2.24) is 0 Å². The summed E-state index contributed by atoms with van der Waals surface area (Å²) in [6.45, 7) is 13.3. The van der Waals surface area contributed by atoms with Crippen molar-refractivity contribution in [3.63, 3.8) is 0 Å². The van der Waals surface area contributed by atoms with Gasteiger partial charge in [0.15, 0.2) is 8.32 Å². The molecule has 0 aromatic rings. The first-order chi connectivity index (χ1) is 14.9. The van der Waals surface area contributed by atoms with Gasteiger partial charge in [0.25, 0.3) is 0 Å². The van der Waals surface area contributed by atoms with E-state index in [1.165, 1.54) is 7.11 Å². The molecule has 0 bridgehead atoms. The maximum atomic E-state index is 12.3. The number of unbranched alkanes of at least 4 members (excludes halogenated alkanes) is 2. The van der Waals surface area contributed by atoms with Crippen LogP contribution in [-0.2, 0) is 23.5 Å². The Morgan fingerprint density at radius 3 is 2.41 bits per heavy atom. The highest BCUT2D eigenvalue weighted by atomic mass is 127. The maximum absolute atomic E-state index is 12.3. The lowest BCUT2D eigenvalue weighted by atomic mass is 10.0. The van der Waals surface area contributed by atoms with Crippen molar-refractivity contribution in [2.45, 2.75) is 103 Å². The van der Waals surface area contributed by atoms with Gasteiger partial charge in [-0.1, -0.05) is 56.7 Å². The molecule has 0 spiro atoms. The van der Waals surface area contributed by atoms with Crippen LogP contribution in [0.5, 0.6) is 0 Å². The zero-order chi connectivity index (χ0) is 24.4. The predicted octanol–water partition coefficient (Wildman–Crippen LogP) is 7.51. The summed E-state index contributed by atoms with van der Waals surface area (Å²) in [6.07, 6.45) is 8.05. The highest BCUT2D eigenvalue weighted by Gasteiger charge is 2.49. The van der Waals surface area contributed by atoms with Crippen molar-refractivity contribution in [2.75, 3.05) is 12.9 Å². The minimum absolute atomic E-state index is 0.0738. The topological polar surface area (TPSA) is 61.8 Å². The third-order valence-electron chi connectivity index (χ3n) is 6.13. The molecule has 0 saturated heterocycles. The minimum atomic E-state index is -2.08. The molecule has 8 heteroatoms. The molecular weight excluding hydrogens is 555 g/mol. The summed E-state index contributed by atoms with van der Waals surface area (Å²) in [4.78, 5) is 24.7. The molecular formula is C24H41IO5SSi. The SMILES string of the molecule is CCCC(=O)OC1=C(SCCCCCC(=O)OC)C(/C=C/I)(O[Si](C)(C)C(C)(C)C)CC1. The number of carbonyl (C=O) groups excluding carboxylic acids is 2. The number of esters is 2. The van der Waals surface area contributed by atoms with Gasteiger partial charge in [-0.2, -0.15) is 0 Å². The van der Waals surface area contributed by atoms with Gasteiger partial charge >= 0.3 is 11.9 Å². The standard InChI is InChI=1S/C24H41IO5SSi/c1-8-12-21(27)29-19-14-15-24(16-17-25,30-32(6,7)23(2,3)4)22(19)31-18-11-9-10-13-20(26)28-5/h16-17H,8-15,18H2,1-7H3/b17-16+. The van der Waals surface area contributed by atoms with Crippen LogP contribution in [0.4, 0.5) is 0 Å². The normalized spacial score (nSPS) is 19.6. The van der Waals surface area contributed by atoms with E-state index in [0.717, 1.165) is 48.5 Å². The zero-order valence-corrected chi connectivity index (χ0v) is 24.8. The van der Waals surface area contributed by atoms with Crippen molar-refractivity contribution < 1.29 is 23.5 Å². The number of rotatable bonds is 13. The van der Waals surface area contributed by atoms with E-state index in [-0.39, 0.29) is 17.0 Å². The van der Waals surface area contributed by atoms with E-state index in [4.69, 9.17) is 13.9 Å². The van der Waals surface area contributed by atoms with E-state index in [1.807, 2.05) is 11.0 Å². The number of halogens is 1. The van der Waals surface area contributed by atoms with Crippen LogP contribution in [0.15, 0.2) is 20.8 Å². The first-order valence-electron chi connectivity index (χ1n) is 11.5. The lowest BCUT2D eigenvalue weighted by Gasteiger charge is -2.44. The van der Waals surface area contributed by atoms with Crippen LogP contribution in [0.25, 0.3) is 0 Å². The summed E-state index contributed by atoms with van der Waals surface area (Å²) >= 11 is 4.00. The molecule has 0 aliphatic heterocycles. The van der Waals surface area contributed by atoms with Gasteiger partial charge in [0, 0.05) is 19.3 Å². The Bertz CT molecular complexity index is 699. The summed E-state index contributed by atoms with van der Waals surface area (Å²) < 4.78 is 19.6. The first kappa shape index (κ1) is 29.7. The van der Waals surface area contributed by atoms with Crippen LogP contribution in [0.3, 0.4) is 0 Å². The van der Waals surface area contributed by atoms with E-state index in [1.54, 1.807) is 11.8 Å². The number of allylic oxidation sites excluding steroid dienone is 1. The molecule has 184 valence electrons. The highest BCUT2D eigenvalue weighted by Crippen LogP contribution is 2.51. The number of methoxy groups -OCH3 is 1. The predicted molar refractivity (Wildman–Crippen MR) is 144 cm³/mol. The molecule has 1 aliphatic carbocycles. The third kappa shape index (κ3) is 8.80. The van der Waals surface area contributed by atoms with Crippen LogP contribution >= 0.6 is 34.4 Å². The average Bonchev–Trinajstić information content (AvgIpc) is 3.00. The molecule has 1 atom stereocenters. The van der Waals surface area contributed by atoms with E-state index in [2.05, 4.69) is 62.5 Å². The zero-order valence-electron chi connectivity index (χ0n) is 20.8. The van der Waals surface area contributed by atoms with Crippen LogP contribution in [0, 0.1) is 0 Å². The van der Waals surface area contributed by atoms with Crippen molar-refractivity contribution in [1.29, 1.82) is 0 Å². The maximum Gasteiger partial charge on any atom is 0.310 e. The fourth-order valence-electron chi connectivity index (χ4n) is 3.28. The van der Waals surface area contributed by atoms with Crippen LogP contribution in [-0.4, -0.2) is 38.7 Å². The molecule has 5 nitrogen and oxygen atoms in total. The third-order valence-corrected chi connectivity index (χ3v) is 12.3. The molecule has 0 fully saturated rings. The van der Waals surface area contributed by atoms with Gasteiger partial charge in [-0.05, 0) is 59.7 Å². The van der Waals surface area contributed by atoms with Gasteiger partial charge in [0.1, 0.15) is 11.4 Å². The Labute approximate surface area is 213 Å². The summed E-state index contributed by atoms with van der Waals surface area (Å²) in [7, 11) is -0.652. The molecule has 0 amide bonds. The Hall–Kier alpha value is -0.323. The Balaban J connectivity index is 3.08. The molecule has 0 heterocycles. The molecule has 0 saturated carbocycles. The van der Waals surface area contributed by atoms with Crippen LogP contribution < -0.4 is 0 Å². The second-order valence-electron chi connectivity index (χ2n) is 9.76. The summed E-state index contributed by atoms with van der Waals surface area (Å²) in [6, 6.07) is 0. The second-order valence-corrected chi connectivity index (χ2v) is 16.3. The summed E-state index contributed by atoms with van der Waals surface area (Å²) in [5.74, 6) is 1.34. The first-order valence-corrected chi connectivity index (χ1v) is 16.7. The van der Waals surface area contributed by atoms with Crippen molar-refractivity contribution in [3.8, 4) is 0 Å². The van der Waals surface area contributed by atoms with E-state index >= 15 is 0 Å². The highest BCUT2D eigenvalue weighted by molar-refractivity contribution is 14.1. The van der Waals surface area contributed by atoms with Gasteiger partial charge in [0.2, 0.25) is 0 Å². The Morgan fingerprint density at radius 2 is 1.84 bits per heavy atom. The largest absolute Gasteiger partial charge is 0.469 e. The molecule has 32 heavy (non-hydrogen) atoms. The Morgan fingerprint density at radius 1 is 1.16 bits per heavy atom. The van der Waals surface area contributed by atoms with Gasteiger partial charge in [-0.3, -0.25) is 9.59 Å². The molecule has 1 unspecified atom stereocenters. The average molecular weight is 597 g/mol. The summed E-state index contributed by atoms with van der Waals surface area (Å²) in [5, 5.41) is 0.0738. The molecule has 0 N–H and O–H groups in total. The van der Waals surface area contributed by atoms with Gasteiger partial charge in [-0.15, -0.1) is 11.8 Å². The number of ether oxygens (including phenoxy) is 2. The lowest BCUT2D eigenvalue weighted by molar-refractivity contribution is -0.141. The van der Waals surface area contributed by atoms with E-state index in [9.17, 15) is 9.59 Å². The monoisotopic (exact) mass is 596 g/mol. The Kier molecular flexibility index (Phi) is 12.6. The van der Waals surface area contributed by atoms with E-state index < -0.39 is 13.9 Å². The minimum Gasteiger partial charge on any atom is -0.469 e. The molecule has 0 aromatic heterocycles. The number of carbonyl (C=O) groups is 2. The smallest absolute Gasteiger partial charge is 0.310 e.